The molecule has 0 heterocycles. The average Bonchev–Trinajstić information content (AvgIpc) is 2.27. The Hall–Kier alpha value is -1.55. The maximum Gasteiger partial charge on any atom is 0.228 e. The van der Waals surface area contributed by atoms with Crippen molar-refractivity contribution in [3.8, 4) is 5.75 Å². The Morgan fingerprint density at radius 2 is 2.12 bits per heavy atom. The fraction of sp³-hybridized carbons (Fsp3) is 0.462. The van der Waals surface area contributed by atoms with Gasteiger partial charge in [-0.3, -0.25) is 4.79 Å². The van der Waals surface area contributed by atoms with Crippen molar-refractivity contribution in [2.24, 2.45) is 11.7 Å². The van der Waals surface area contributed by atoms with Gasteiger partial charge in [-0.25, -0.2) is 0 Å². The van der Waals surface area contributed by atoms with E-state index in [1.54, 1.807) is 14.0 Å². The molecule has 0 aromatic heterocycles. The molecule has 0 radical (unpaired) electrons. The van der Waals surface area contributed by atoms with Crippen molar-refractivity contribution in [3.05, 3.63) is 23.3 Å². The van der Waals surface area contributed by atoms with E-state index in [9.17, 15) is 4.79 Å². The van der Waals surface area contributed by atoms with Crippen LogP contribution in [0, 0.1) is 19.8 Å². The molecule has 17 heavy (non-hydrogen) atoms. The molecule has 0 aliphatic carbocycles. The summed E-state index contributed by atoms with van der Waals surface area (Å²) in [5.74, 6) is 0.407. The van der Waals surface area contributed by atoms with Gasteiger partial charge in [-0.05, 0) is 31.0 Å². The lowest BCUT2D eigenvalue weighted by Crippen LogP contribution is -2.26. The van der Waals surface area contributed by atoms with Crippen LogP contribution in [0.3, 0.4) is 0 Å². The molecule has 1 amide bonds. The van der Waals surface area contributed by atoms with Crippen LogP contribution in [0.5, 0.6) is 5.75 Å². The second kappa shape index (κ2) is 5.68. The molecule has 0 bridgehead atoms. The first-order valence-corrected chi connectivity index (χ1v) is 5.65. The molecule has 0 saturated heterocycles. The Kier molecular flexibility index (Phi) is 4.52. The van der Waals surface area contributed by atoms with Crippen LogP contribution >= 0.6 is 0 Å². The number of hydrogen-bond donors (Lipinski definition) is 2. The largest absolute Gasteiger partial charge is 0.494 e. The molecule has 4 heteroatoms. The molecule has 0 aliphatic heterocycles. The predicted molar refractivity (Wildman–Crippen MR) is 69.3 cm³/mol. The SMILES string of the molecule is COc1c(C)cc(C)cc1NC(=O)C(C)CN. The number of carbonyl (C=O) groups is 1. The van der Waals surface area contributed by atoms with Crippen LogP contribution in [-0.4, -0.2) is 19.6 Å². The number of nitrogens with one attached hydrogen (secondary N) is 1. The third-order valence-corrected chi connectivity index (χ3v) is 2.68. The van der Waals surface area contributed by atoms with E-state index in [0.29, 0.717) is 18.0 Å². The van der Waals surface area contributed by atoms with Crippen molar-refractivity contribution in [2.45, 2.75) is 20.8 Å². The fourth-order valence-electron chi connectivity index (χ4n) is 1.68. The van der Waals surface area contributed by atoms with Gasteiger partial charge in [-0.2, -0.15) is 0 Å². The van der Waals surface area contributed by atoms with E-state index in [2.05, 4.69) is 5.32 Å². The first kappa shape index (κ1) is 13.5. The van der Waals surface area contributed by atoms with Crippen LogP contribution in [0.2, 0.25) is 0 Å². The summed E-state index contributed by atoms with van der Waals surface area (Å²) in [5, 5.41) is 2.85. The van der Waals surface area contributed by atoms with Crippen LogP contribution in [0.15, 0.2) is 12.1 Å². The van der Waals surface area contributed by atoms with Gasteiger partial charge >= 0.3 is 0 Å². The van der Waals surface area contributed by atoms with Crippen molar-refractivity contribution < 1.29 is 9.53 Å². The van der Waals surface area contributed by atoms with Crippen LogP contribution < -0.4 is 15.8 Å². The molecule has 0 fully saturated rings. The molecule has 1 aromatic rings. The van der Waals surface area contributed by atoms with E-state index in [4.69, 9.17) is 10.5 Å². The number of carbonyl (C=O) groups excluding carboxylic acids is 1. The monoisotopic (exact) mass is 236 g/mol. The molecule has 94 valence electrons. The summed E-state index contributed by atoms with van der Waals surface area (Å²) in [7, 11) is 1.60. The van der Waals surface area contributed by atoms with Crippen LogP contribution in [-0.2, 0) is 4.79 Å². The summed E-state index contributed by atoms with van der Waals surface area (Å²) in [6.07, 6.45) is 0. The highest BCUT2D eigenvalue weighted by Gasteiger charge is 2.14. The van der Waals surface area contributed by atoms with E-state index in [1.165, 1.54) is 0 Å². The molecule has 1 atom stereocenters. The molecule has 0 saturated carbocycles. The number of nitrogens with two attached hydrogens (primary N) is 1. The maximum atomic E-state index is 11.8. The lowest BCUT2D eigenvalue weighted by molar-refractivity contribution is -0.119. The molecule has 0 spiro atoms. The normalized spacial score (nSPS) is 12.1. The molecular formula is C13H20N2O2. The summed E-state index contributed by atoms with van der Waals surface area (Å²) in [6, 6.07) is 3.91. The fourth-order valence-corrected chi connectivity index (χ4v) is 1.68. The molecule has 3 N–H and O–H groups in total. The molecule has 0 aliphatic rings. The van der Waals surface area contributed by atoms with Gasteiger partial charge in [0.25, 0.3) is 0 Å². The van der Waals surface area contributed by atoms with Gasteiger partial charge in [0.1, 0.15) is 5.75 Å². The Labute approximate surface area is 102 Å². The topological polar surface area (TPSA) is 64.3 Å². The molecular weight excluding hydrogens is 216 g/mol. The van der Waals surface area contributed by atoms with Crippen molar-refractivity contribution >= 4 is 11.6 Å². The maximum absolute atomic E-state index is 11.8. The summed E-state index contributed by atoms with van der Waals surface area (Å²) < 4.78 is 5.30. The van der Waals surface area contributed by atoms with E-state index < -0.39 is 0 Å². The van der Waals surface area contributed by atoms with Gasteiger partial charge in [0.05, 0.1) is 12.8 Å². The highest BCUT2D eigenvalue weighted by atomic mass is 16.5. The molecule has 1 unspecified atom stereocenters. The van der Waals surface area contributed by atoms with Crippen molar-refractivity contribution in [2.75, 3.05) is 19.0 Å². The first-order chi connectivity index (χ1) is 7.99. The summed E-state index contributed by atoms with van der Waals surface area (Å²) in [6.45, 7) is 6.06. The minimum Gasteiger partial charge on any atom is -0.494 e. The number of hydrogen-bond acceptors (Lipinski definition) is 3. The number of aryl methyl sites for hydroxylation is 2. The highest BCUT2D eigenvalue weighted by Crippen LogP contribution is 2.30. The van der Waals surface area contributed by atoms with E-state index >= 15 is 0 Å². The van der Waals surface area contributed by atoms with Gasteiger partial charge in [0, 0.05) is 12.5 Å². The van der Waals surface area contributed by atoms with Crippen molar-refractivity contribution in [1.29, 1.82) is 0 Å². The molecule has 4 nitrogen and oxygen atoms in total. The van der Waals surface area contributed by atoms with E-state index in [0.717, 1.165) is 11.1 Å². The van der Waals surface area contributed by atoms with E-state index in [1.807, 2.05) is 26.0 Å². The Morgan fingerprint density at radius 3 is 2.65 bits per heavy atom. The average molecular weight is 236 g/mol. The Bertz CT molecular complexity index is 416. The minimum absolute atomic E-state index is 0.0872. The van der Waals surface area contributed by atoms with Crippen LogP contribution in [0.1, 0.15) is 18.1 Å². The van der Waals surface area contributed by atoms with Gasteiger partial charge < -0.3 is 15.8 Å². The molecule has 1 aromatic carbocycles. The van der Waals surface area contributed by atoms with Gasteiger partial charge in [0.15, 0.2) is 0 Å². The predicted octanol–water partition coefficient (Wildman–Crippen LogP) is 1.85. The third-order valence-electron chi connectivity index (χ3n) is 2.68. The summed E-state index contributed by atoms with van der Waals surface area (Å²) >= 11 is 0. The summed E-state index contributed by atoms with van der Waals surface area (Å²) in [5.41, 5.74) is 8.25. The first-order valence-electron chi connectivity index (χ1n) is 5.65. The number of rotatable bonds is 4. The standard InChI is InChI=1S/C13H20N2O2/c1-8-5-9(2)12(17-4)11(6-8)15-13(16)10(3)7-14/h5-6,10H,7,14H2,1-4H3,(H,15,16). The van der Waals surface area contributed by atoms with Crippen LogP contribution in [0.25, 0.3) is 0 Å². The van der Waals surface area contributed by atoms with Crippen molar-refractivity contribution in [1.82, 2.24) is 0 Å². The summed E-state index contributed by atoms with van der Waals surface area (Å²) in [4.78, 5) is 11.8. The highest BCUT2D eigenvalue weighted by molar-refractivity contribution is 5.94. The van der Waals surface area contributed by atoms with Crippen LogP contribution in [0.4, 0.5) is 5.69 Å². The van der Waals surface area contributed by atoms with Gasteiger partial charge in [-0.15, -0.1) is 0 Å². The zero-order valence-electron chi connectivity index (χ0n) is 10.8. The lowest BCUT2D eigenvalue weighted by Gasteiger charge is -2.15. The van der Waals surface area contributed by atoms with E-state index in [-0.39, 0.29) is 11.8 Å². The lowest BCUT2D eigenvalue weighted by atomic mass is 10.1. The zero-order chi connectivity index (χ0) is 13.0. The second-order valence-corrected chi connectivity index (χ2v) is 4.29. The van der Waals surface area contributed by atoms with Gasteiger partial charge in [0.2, 0.25) is 5.91 Å². The zero-order valence-corrected chi connectivity index (χ0v) is 10.8. The second-order valence-electron chi connectivity index (χ2n) is 4.29. The number of amides is 1. The smallest absolute Gasteiger partial charge is 0.228 e. The van der Waals surface area contributed by atoms with Gasteiger partial charge in [-0.1, -0.05) is 13.0 Å². The number of ether oxygens (including phenoxy) is 1. The number of benzene rings is 1. The van der Waals surface area contributed by atoms with Crippen molar-refractivity contribution in [3.63, 3.8) is 0 Å². The Morgan fingerprint density at radius 1 is 1.47 bits per heavy atom. The third kappa shape index (κ3) is 3.20. The number of methoxy groups -OCH3 is 1. The molecule has 1 rings (SSSR count). The quantitative estimate of drug-likeness (QED) is 0.838. The Balaban J connectivity index is 3.01. The minimum atomic E-state index is -0.208. The number of anilines is 1.